The molecule has 4 rings (SSSR count). The van der Waals surface area contributed by atoms with Gasteiger partial charge >= 0.3 is 6.09 Å². The third-order valence-electron chi connectivity index (χ3n) is 4.79. The molecule has 26 heavy (non-hydrogen) atoms. The summed E-state index contributed by atoms with van der Waals surface area (Å²) < 4.78 is 5.21. The molecule has 0 unspecified atom stereocenters. The molecular weight excluding hydrogens is 322 g/mol. The maximum absolute atomic E-state index is 11.8. The summed E-state index contributed by atoms with van der Waals surface area (Å²) in [4.78, 5) is 11.8. The van der Waals surface area contributed by atoms with E-state index < -0.39 is 6.09 Å². The van der Waals surface area contributed by atoms with Crippen molar-refractivity contribution in [3.05, 3.63) is 89.0 Å². The summed E-state index contributed by atoms with van der Waals surface area (Å²) in [5, 5.41) is 5.46. The van der Waals surface area contributed by atoms with Crippen molar-refractivity contribution in [3.63, 3.8) is 0 Å². The number of carbonyl (C=O) groups is 1. The summed E-state index contributed by atoms with van der Waals surface area (Å²) in [6, 6.07) is 20.6. The van der Waals surface area contributed by atoms with Gasteiger partial charge in [-0.05, 0) is 45.9 Å². The minimum absolute atomic E-state index is 0.283. The third-order valence-corrected chi connectivity index (χ3v) is 4.79. The van der Waals surface area contributed by atoms with E-state index in [1.165, 1.54) is 27.5 Å². The summed E-state index contributed by atoms with van der Waals surface area (Å²) in [6.45, 7) is 0.724. The Morgan fingerprint density at radius 2 is 1.77 bits per heavy atom. The average Bonchev–Trinajstić information content (AvgIpc) is 3.11. The summed E-state index contributed by atoms with van der Waals surface area (Å²) in [5.74, 6) is 0. The van der Waals surface area contributed by atoms with Gasteiger partial charge < -0.3 is 10.1 Å². The highest BCUT2D eigenvalue weighted by Crippen LogP contribution is 2.33. The molecular formula is C23H21NO2. The van der Waals surface area contributed by atoms with Gasteiger partial charge in [0.25, 0.3) is 0 Å². The van der Waals surface area contributed by atoms with Gasteiger partial charge in [0.15, 0.2) is 0 Å². The number of amides is 1. The molecule has 130 valence electrons. The molecule has 1 aliphatic carbocycles. The van der Waals surface area contributed by atoms with Crippen LogP contribution in [0, 0.1) is 0 Å². The van der Waals surface area contributed by atoms with Gasteiger partial charge in [0.1, 0.15) is 6.61 Å². The molecule has 3 nitrogen and oxygen atoms in total. The summed E-state index contributed by atoms with van der Waals surface area (Å²) in [7, 11) is 0. The van der Waals surface area contributed by atoms with Crippen LogP contribution in [0.4, 0.5) is 4.79 Å². The minimum atomic E-state index is -0.404. The molecule has 0 radical (unpaired) electrons. The number of hydrogen-bond acceptors (Lipinski definition) is 2. The van der Waals surface area contributed by atoms with Crippen molar-refractivity contribution in [2.75, 3.05) is 6.54 Å². The standard InChI is InChI=1S/C23H21NO2/c25-23(26-16-17-6-2-1-3-7-17)24-15-5-9-18-11-12-20-14-13-19-8-4-10-21(18)22(19)20/h1-12H,13-16H2,(H,24,25). The molecule has 0 aromatic heterocycles. The lowest BCUT2D eigenvalue weighted by Gasteiger charge is -2.06. The fraction of sp³-hybridized carbons (Fsp3) is 0.174. The van der Waals surface area contributed by atoms with E-state index in [1.807, 2.05) is 36.4 Å². The van der Waals surface area contributed by atoms with Gasteiger partial charge in [-0.25, -0.2) is 4.79 Å². The Hall–Kier alpha value is -3.07. The molecule has 3 aromatic rings. The van der Waals surface area contributed by atoms with Gasteiger partial charge in [0.05, 0.1) is 0 Å². The van der Waals surface area contributed by atoms with Crippen LogP contribution in [-0.2, 0) is 24.2 Å². The molecule has 1 N–H and O–H groups in total. The van der Waals surface area contributed by atoms with Crippen LogP contribution in [0.1, 0.15) is 22.3 Å². The number of hydrogen-bond donors (Lipinski definition) is 1. The largest absolute Gasteiger partial charge is 0.445 e. The second-order valence-corrected chi connectivity index (χ2v) is 6.50. The van der Waals surface area contributed by atoms with Crippen molar-refractivity contribution in [3.8, 4) is 0 Å². The second-order valence-electron chi connectivity index (χ2n) is 6.50. The highest BCUT2D eigenvalue weighted by Gasteiger charge is 2.14. The first-order valence-electron chi connectivity index (χ1n) is 8.96. The van der Waals surface area contributed by atoms with Crippen molar-refractivity contribution >= 4 is 22.9 Å². The van der Waals surface area contributed by atoms with Crippen LogP contribution in [-0.4, -0.2) is 12.6 Å². The molecule has 1 amide bonds. The SMILES string of the molecule is O=C(NCC=Cc1ccc2c3c(cccc13)CC2)OCc1ccccc1. The number of ether oxygens (including phenoxy) is 1. The molecule has 3 aromatic carbocycles. The molecule has 1 aliphatic rings. The Bertz CT molecular complexity index is 950. The summed E-state index contributed by atoms with van der Waals surface area (Å²) in [5.41, 5.74) is 5.05. The van der Waals surface area contributed by atoms with Crippen molar-refractivity contribution in [2.24, 2.45) is 0 Å². The van der Waals surface area contributed by atoms with E-state index in [2.05, 4.69) is 41.7 Å². The molecule has 0 saturated heterocycles. The van der Waals surface area contributed by atoms with Crippen LogP contribution in [0.15, 0.2) is 66.7 Å². The van der Waals surface area contributed by atoms with Crippen LogP contribution >= 0.6 is 0 Å². The highest BCUT2D eigenvalue weighted by atomic mass is 16.5. The van der Waals surface area contributed by atoms with Crippen molar-refractivity contribution in [1.29, 1.82) is 0 Å². The van der Waals surface area contributed by atoms with Crippen LogP contribution in [0.5, 0.6) is 0 Å². The lowest BCUT2D eigenvalue weighted by Crippen LogP contribution is -2.24. The maximum Gasteiger partial charge on any atom is 0.407 e. The molecule has 3 heteroatoms. The molecule has 0 bridgehead atoms. The second kappa shape index (κ2) is 7.44. The van der Waals surface area contributed by atoms with Gasteiger partial charge in [0, 0.05) is 6.54 Å². The smallest absolute Gasteiger partial charge is 0.407 e. The zero-order chi connectivity index (χ0) is 17.8. The lowest BCUT2D eigenvalue weighted by molar-refractivity contribution is 0.141. The van der Waals surface area contributed by atoms with Gasteiger partial charge in [-0.2, -0.15) is 0 Å². The quantitative estimate of drug-likeness (QED) is 0.717. The molecule has 0 saturated carbocycles. The molecule has 0 fully saturated rings. The fourth-order valence-corrected chi connectivity index (χ4v) is 3.52. The van der Waals surface area contributed by atoms with E-state index in [9.17, 15) is 4.79 Å². The average molecular weight is 343 g/mol. The van der Waals surface area contributed by atoms with Crippen molar-refractivity contribution in [1.82, 2.24) is 5.32 Å². The van der Waals surface area contributed by atoms with Crippen LogP contribution in [0.25, 0.3) is 16.8 Å². The first kappa shape index (κ1) is 16.4. The van der Waals surface area contributed by atoms with Gasteiger partial charge in [-0.3, -0.25) is 0 Å². The first-order chi connectivity index (χ1) is 12.8. The van der Waals surface area contributed by atoms with E-state index in [4.69, 9.17) is 4.74 Å². The number of nitrogens with one attached hydrogen (secondary N) is 1. The zero-order valence-electron chi connectivity index (χ0n) is 14.6. The predicted molar refractivity (Wildman–Crippen MR) is 105 cm³/mol. The van der Waals surface area contributed by atoms with Gasteiger partial charge in [0.2, 0.25) is 0 Å². The Balaban J connectivity index is 1.35. The van der Waals surface area contributed by atoms with Crippen molar-refractivity contribution < 1.29 is 9.53 Å². The van der Waals surface area contributed by atoms with E-state index in [-0.39, 0.29) is 6.61 Å². The third kappa shape index (κ3) is 3.47. The van der Waals surface area contributed by atoms with Gasteiger partial charge in [-0.15, -0.1) is 0 Å². The van der Waals surface area contributed by atoms with Crippen LogP contribution < -0.4 is 5.32 Å². The highest BCUT2D eigenvalue weighted by molar-refractivity contribution is 5.96. The Kier molecular flexibility index (Phi) is 4.69. The van der Waals surface area contributed by atoms with Crippen LogP contribution in [0.3, 0.4) is 0 Å². The zero-order valence-corrected chi connectivity index (χ0v) is 14.6. The summed E-state index contributed by atoms with van der Waals surface area (Å²) in [6.07, 6.45) is 5.89. The monoisotopic (exact) mass is 343 g/mol. The Labute approximate surface area is 153 Å². The number of rotatable bonds is 5. The molecule has 0 heterocycles. The Morgan fingerprint density at radius 3 is 2.62 bits per heavy atom. The number of carbonyl (C=O) groups excluding carboxylic acids is 1. The van der Waals surface area contributed by atoms with E-state index in [0.717, 1.165) is 18.4 Å². The number of aryl methyl sites for hydroxylation is 2. The molecule has 0 aliphatic heterocycles. The van der Waals surface area contributed by atoms with E-state index >= 15 is 0 Å². The first-order valence-corrected chi connectivity index (χ1v) is 8.96. The molecule has 0 atom stereocenters. The minimum Gasteiger partial charge on any atom is -0.445 e. The Morgan fingerprint density at radius 1 is 0.962 bits per heavy atom. The maximum atomic E-state index is 11.8. The number of alkyl carbamates (subject to hydrolysis) is 1. The van der Waals surface area contributed by atoms with Gasteiger partial charge in [-0.1, -0.05) is 72.8 Å². The summed E-state index contributed by atoms with van der Waals surface area (Å²) >= 11 is 0. The topological polar surface area (TPSA) is 38.3 Å². The normalized spacial score (nSPS) is 12.6. The van der Waals surface area contributed by atoms with E-state index in [1.54, 1.807) is 0 Å². The fourth-order valence-electron chi connectivity index (χ4n) is 3.52. The lowest BCUT2D eigenvalue weighted by atomic mass is 10.00. The molecule has 0 spiro atoms. The van der Waals surface area contributed by atoms with E-state index in [0.29, 0.717) is 6.54 Å². The predicted octanol–water partition coefficient (Wildman–Crippen LogP) is 4.88. The number of benzene rings is 3. The van der Waals surface area contributed by atoms with Crippen molar-refractivity contribution in [2.45, 2.75) is 19.4 Å². The van der Waals surface area contributed by atoms with Crippen LogP contribution in [0.2, 0.25) is 0 Å².